The number of esters is 1. The molecule has 0 bridgehead atoms. The molecule has 7 unspecified atom stereocenters. The molecule has 2 saturated heterocycles. The van der Waals surface area contributed by atoms with Crippen LogP contribution in [0.1, 0.15) is 57.8 Å². The second-order valence-corrected chi connectivity index (χ2v) is 7.76. The summed E-state index contributed by atoms with van der Waals surface area (Å²) in [6.45, 7) is 0. The van der Waals surface area contributed by atoms with E-state index < -0.39 is 5.97 Å². The predicted octanol–water partition coefficient (Wildman–Crippen LogP) is 2.29. The zero-order chi connectivity index (χ0) is 16.7. The lowest BCUT2D eigenvalue weighted by atomic mass is 9.78. The topological polar surface area (TPSA) is 88.7 Å². The van der Waals surface area contributed by atoms with Crippen LogP contribution in [-0.2, 0) is 23.8 Å². The fourth-order valence-electron chi connectivity index (χ4n) is 4.55. The predicted molar refractivity (Wildman–Crippen MR) is 83.4 cm³/mol. The number of carbonyl (C=O) groups is 2. The summed E-state index contributed by atoms with van der Waals surface area (Å²) >= 11 is 0. The van der Waals surface area contributed by atoms with Crippen LogP contribution < -0.4 is 0 Å². The third kappa shape index (κ3) is 3.75. The van der Waals surface area contributed by atoms with Crippen LogP contribution in [0.15, 0.2) is 0 Å². The lowest BCUT2D eigenvalue weighted by molar-refractivity contribution is -0.158. The number of hydrogen-bond acceptors (Lipinski definition) is 5. The Bertz CT molecular complexity index is 506. The first-order valence-electron chi connectivity index (χ1n) is 9.33. The molecule has 6 heteroatoms. The summed E-state index contributed by atoms with van der Waals surface area (Å²) in [5.74, 6) is -0.856. The van der Waals surface area contributed by atoms with E-state index in [-0.39, 0.29) is 36.4 Å². The molecule has 24 heavy (non-hydrogen) atoms. The summed E-state index contributed by atoms with van der Waals surface area (Å²) in [4.78, 5) is 23.6. The molecular formula is C18H26O6. The van der Waals surface area contributed by atoms with Gasteiger partial charge in [0.25, 0.3) is 0 Å². The minimum absolute atomic E-state index is 0.0308. The number of epoxide rings is 2. The van der Waals surface area contributed by atoms with Crippen LogP contribution in [0.2, 0.25) is 0 Å². The minimum atomic E-state index is -0.805. The van der Waals surface area contributed by atoms with Crippen molar-refractivity contribution in [1.29, 1.82) is 0 Å². The van der Waals surface area contributed by atoms with Crippen molar-refractivity contribution < 1.29 is 28.9 Å². The van der Waals surface area contributed by atoms with Crippen molar-refractivity contribution in [3.8, 4) is 0 Å². The maximum absolute atomic E-state index is 12.8. The molecule has 0 radical (unpaired) electrons. The third-order valence-electron chi connectivity index (χ3n) is 6.06. The van der Waals surface area contributed by atoms with Gasteiger partial charge >= 0.3 is 11.9 Å². The van der Waals surface area contributed by atoms with Crippen molar-refractivity contribution in [2.24, 2.45) is 11.8 Å². The SMILES string of the molecule is O=C(O)CCCC(C(=O)OC1CCC2OC2C1)C1CCC2OC2C1. The maximum Gasteiger partial charge on any atom is 0.309 e. The Morgan fingerprint density at radius 1 is 1.00 bits per heavy atom. The monoisotopic (exact) mass is 338 g/mol. The summed E-state index contributed by atoms with van der Waals surface area (Å²) < 4.78 is 16.9. The van der Waals surface area contributed by atoms with Gasteiger partial charge in [0.2, 0.25) is 0 Å². The fourth-order valence-corrected chi connectivity index (χ4v) is 4.55. The van der Waals surface area contributed by atoms with Gasteiger partial charge in [-0.25, -0.2) is 0 Å². The van der Waals surface area contributed by atoms with Crippen LogP contribution >= 0.6 is 0 Å². The van der Waals surface area contributed by atoms with E-state index in [9.17, 15) is 9.59 Å². The van der Waals surface area contributed by atoms with E-state index in [1.165, 1.54) is 0 Å². The van der Waals surface area contributed by atoms with E-state index in [1.807, 2.05) is 0 Å². The van der Waals surface area contributed by atoms with Gasteiger partial charge in [0.05, 0.1) is 30.3 Å². The second kappa shape index (κ2) is 6.64. The molecule has 0 aromatic rings. The first kappa shape index (κ1) is 16.3. The van der Waals surface area contributed by atoms with Crippen molar-refractivity contribution >= 4 is 11.9 Å². The van der Waals surface area contributed by atoms with Crippen molar-refractivity contribution in [2.75, 3.05) is 0 Å². The zero-order valence-corrected chi connectivity index (χ0v) is 13.9. The molecule has 1 N–H and O–H groups in total. The summed E-state index contributed by atoms with van der Waals surface area (Å²) in [6.07, 6.45) is 8.19. The molecule has 4 aliphatic rings. The van der Waals surface area contributed by atoms with Crippen molar-refractivity contribution in [1.82, 2.24) is 0 Å². The first-order valence-corrected chi connectivity index (χ1v) is 9.33. The highest BCUT2D eigenvalue weighted by atomic mass is 16.6. The zero-order valence-electron chi connectivity index (χ0n) is 13.9. The summed E-state index contributed by atoms with van der Waals surface area (Å²) in [6, 6.07) is 0. The highest BCUT2D eigenvalue weighted by molar-refractivity contribution is 5.73. The molecule has 2 aliphatic heterocycles. The van der Waals surface area contributed by atoms with Gasteiger partial charge in [-0.05, 0) is 50.9 Å². The third-order valence-corrected chi connectivity index (χ3v) is 6.06. The number of carboxylic acids is 1. The first-order chi connectivity index (χ1) is 11.6. The standard InChI is InChI=1S/C18H26O6/c19-17(20)3-1-2-12(10-4-6-13-15(8-10)23-13)18(21)22-11-5-7-14-16(9-11)24-14/h10-16H,1-9H2,(H,19,20). The van der Waals surface area contributed by atoms with Crippen LogP contribution in [0.25, 0.3) is 0 Å². The molecule has 134 valence electrons. The quantitative estimate of drug-likeness (QED) is 0.566. The number of carboxylic acid groups (broad SMARTS) is 1. The van der Waals surface area contributed by atoms with E-state index in [1.54, 1.807) is 0 Å². The molecule has 7 atom stereocenters. The number of aliphatic carboxylic acids is 1. The second-order valence-electron chi connectivity index (χ2n) is 7.76. The lowest BCUT2D eigenvalue weighted by Crippen LogP contribution is -2.33. The molecule has 4 fully saturated rings. The van der Waals surface area contributed by atoms with Crippen LogP contribution in [-0.4, -0.2) is 47.6 Å². The van der Waals surface area contributed by atoms with Crippen LogP contribution in [0.4, 0.5) is 0 Å². The molecule has 0 spiro atoms. The van der Waals surface area contributed by atoms with Gasteiger partial charge in [-0.2, -0.15) is 0 Å². The Hall–Kier alpha value is -1.14. The van der Waals surface area contributed by atoms with E-state index in [0.29, 0.717) is 31.2 Å². The van der Waals surface area contributed by atoms with E-state index in [2.05, 4.69) is 0 Å². The molecule has 2 heterocycles. The van der Waals surface area contributed by atoms with Gasteiger partial charge < -0.3 is 19.3 Å². The molecule has 6 nitrogen and oxygen atoms in total. The summed E-state index contributed by atoms with van der Waals surface area (Å²) in [5, 5.41) is 8.87. The van der Waals surface area contributed by atoms with Crippen LogP contribution in [0, 0.1) is 11.8 Å². The maximum atomic E-state index is 12.8. The van der Waals surface area contributed by atoms with Gasteiger partial charge in [-0.3, -0.25) is 9.59 Å². The normalized spacial score (nSPS) is 40.8. The Morgan fingerprint density at radius 3 is 2.38 bits per heavy atom. The van der Waals surface area contributed by atoms with Gasteiger partial charge in [-0.15, -0.1) is 0 Å². The lowest BCUT2D eigenvalue weighted by Gasteiger charge is -2.29. The Morgan fingerprint density at radius 2 is 1.71 bits per heavy atom. The number of hydrogen-bond donors (Lipinski definition) is 1. The van der Waals surface area contributed by atoms with Crippen molar-refractivity contribution in [2.45, 2.75) is 88.3 Å². The Kier molecular flexibility index (Phi) is 4.52. The number of fused-ring (bicyclic) bond motifs is 2. The number of rotatable bonds is 7. The largest absolute Gasteiger partial charge is 0.481 e. The van der Waals surface area contributed by atoms with E-state index in [0.717, 1.165) is 38.5 Å². The Labute approximate surface area is 141 Å². The van der Waals surface area contributed by atoms with Gasteiger partial charge in [0.15, 0.2) is 0 Å². The Balaban J connectivity index is 1.34. The highest BCUT2D eigenvalue weighted by Gasteiger charge is 2.48. The molecule has 0 aromatic heterocycles. The smallest absolute Gasteiger partial charge is 0.309 e. The van der Waals surface area contributed by atoms with Gasteiger partial charge in [-0.1, -0.05) is 0 Å². The van der Waals surface area contributed by atoms with Crippen LogP contribution in [0.5, 0.6) is 0 Å². The van der Waals surface area contributed by atoms with Crippen molar-refractivity contribution in [3.63, 3.8) is 0 Å². The van der Waals surface area contributed by atoms with Crippen molar-refractivity contribution in [3.05, 3.63) is 0 Å². The molecule has 0 aromatic carbocycles. The molecule has 2 aliphatic carbocycles. The average Bonchev–Trinajstić information content (AvgIpc) is 3.43. The minimum Gasteiger partial charge on any atom is -0.481 e. The fraction of sp³-hybridized carbons (Fsp3) is 0.889. The van der Waals surface area contributed by atoms with Gasteiger partial charge in [0.1, 0.15) is 6.10 Å². The highest BCUT2D eigenvalue weighted by Crippen LogP contribution is 2.44. The van der Waals surface area contributed by atoms with Gasteiger partial charge in [0, 0.05) is 12.8 Å². The average molecular weight is 338 g/mol. The molecule has 4 rings (SSSR count). The molecule has 2 saturated carbocycles. The number of ether oxygens (including phenoxy) is 3. The summed E-state index contributed by atoms with van der Waals surface area (Å²) in [5.41, 5.74) is 0. The van der Waals surface area contributed by atoms with E-state index in [4.69, 9.17) is 19.3 Å². The number of carbonyl (C=O) groups excluding carboxylic acids is 1. The summed E-state index contributed by atoms with van der Waals surface area (Å²) in [7, 11) is 0. The molecule has 0 amide bonds. The van der Waals surface area contributed by atoms with E-state index >= 15 is 0 Å². The molecular weight excluding hydrogens is 312 g/mol. The van der Waals surface area contributed by atoms with Crippen LogP contribution in [0.3, 0.4) is 0 Å².